The van der Waals surface area contributed by atoms with Gasteiger partial charge in [0.15, 0.2) is 11.5 Å². The topological polar surface area (TPSA) is 137 Å². The molecule has 1 heterocycles. The quantitative estimate of drug-likeness (QED) is 0.469. The predicted octanol–water partition coefficient (Wildman–Crippen LogP) is 1.28. The molecule has 168 valence electrons. The van der Waals surface area contributed by atoms with Crippen molar-refractivity contribution in [3.63, 3.8) is 0 Å². The number of alkyl halides is 2. The van der Waals surface area contributed by atoms with E-state index in [1.54, 1.807) is 0 Å². The third-order valence-corrected chi connectivity index (χ3v) is 3.50. The number of nitrogens with zero attached hydrogens (tertiary/aromatic N) is 1. The molecule has 0 aliphatic carbocycles. The number of fused-ring (bicyclic) bond motifs is 1. The largest absolute Gasteiger partial charge is 0.586 e. The molecular formula is C18H25F2N3O7. The fraction of sp³-hybridized carbons (Fsp3) is 0.500. The molecule has 10 nitrogen and oxygen atoms in total. The summed E-state index contributed by atoms with van der Waals surface area (Å²) in [6.45, 7) is 5.90. The number of anilines is 1. The van der Waals surface area contributed by atoms with Crippen LogP contribution in [0.1, 0.15) is 13.8 Å². The van der Waals surface area contributed by atoms with Crippen LogP contribution in [0.5, 0.6) is 11.5 Å². The number of amides is 1. The molecule has 0 radical (unpaired) electrons. The van der Waals surface area contributed by atoms with Crippen LogP contribution < -0.4 is 20.1 Å². The highest BCUT2D eigenvalue weighted by Crippen LogP contribution is 2.42. The number of rotatable bonds is 7. The summed E-state index contributed by atoms with van der Waals surface area (Å²) in [6.07, 6.45) is -3.66. The number of hydrogen-bond donors (Lipinski definition) is 4. The first-order chi connectivity index (χ1) is 13.7. The van der Waals surface area contributed by atoms with E-state index in [1.165, 1.54) is 18.2 Å². The van der Waals surface area contributed by atoms with Gasteiger partial charge in [-0.25, -0.2) is 9.59 Å². The molecule has 0 saturated heterocycles. The summed E-state index contributed by atoms with van der Waals surface area (Å²) in [5.41, 5.74) is 0.392. The number of aliphatic carboxylic acids is 2. The van der Waals surface area contributed by atoms with Crippen LogP contribution in [-0.2, 0) is 14.4 Å². The summed E-state index contributed by atoms with van der Waals surface area (Å²) in [4.78, 5) is 32.2. The van der Waals surface area contributed by atoms with Crippen molar-refractivity contribution >= 4 is 23.5 Å². The monoisotopic (exact) mass is 433 g/mol. The lowest BCUT2D eigenvalue weighted by molar-refractivity contribution is -0.286. The molecule has 0 atom stereocenters. The van der Waals surface area contributed by atoms with Crippen molar-refractivity contribution in [1.82, 2.24) is 10.2 Å². The summed E-state index contributed by atoms with van der Waals surface area (Å²) in [5.74, 6) is -4.06. The summed E-state index contributed by atoms with van der Waals surface area (Å²) in [6, 6.07) is 4.13. The minimum absolute atomic E-state index is 0.0219. The van der Waals surface area contributed by atoms with Gasteiger partial charge in [-0.15, -0.1) is 8.78 Å². The van der Waals surface area contributed by atoms with Crippen molar-refractivity contribution in [3.8, 4) is 11.5 Å². The third kappa shape index (κ3) is 9.01. The standard InChI is InChI=1S/C16H23F2N3O3.C2H2O4/c1-15(2,10-21(3)4)9-19-8-14(22)20-11-5-6-12-13(7-11)24-16(17,18)23-12;3-1(4)2(5)6/h5-7,19H,8-10H2,1-4H3,(H,20,22);(H,3,4)(H,5,6). The maximum absolute atomic E-state index is 13.0. The Morgan fingerprint density at radius 2 is 1.67 bits per heavy atom. The molecular weight excluding hydrogens is 408 g/mol. The van der Waals surface area contributed by atoms with Crippen LogP contribution in [-0.4, -0.2) is 73.0 Å². The SMILES string of the molecule is CN(C)CC(C)(C)CNCC(=O)Nc1ccc2c(c1)OC(F)(F)O2.O=C(O)C(=O)O. The van der Waals surface area contributed by atoms with Gasteiger partial charge in [0.25, 0.3) is 0 Å². The van der Waals surface area contributed by atoms with E-state index >= 15 is 0 Å². The predicted molar refractivity (Wildman–Crippen MR) is 102 cm³/mol. The highest BCUT2D eigenvalue weighted by molar-refractivity contribution is 6.27. The normalized spacial score (nSPS) is 14.0. The molecule has 30 heavy (non-hydrogen) atoms. The molecule has 0 spiro atoms. The lowest BCUT2D eigenvalue weighted by Gasteiger charge is -2.28. The molecule has 12 heteroatoms. The van der Waals surface area contributed by atoms with Gasteiger partial charge < -0.3 is 35.2 Å². The summed E-state index contributed by atoms with van der Waals surface area (Å²) in [7, 11) is 4.00. The number of halogens is 2. The van der Waals surface area contributed by atoms with Gasteiger partial charge in [0.1, 0.15) is 0 Å². The number of benzene rings is 1. The molecule has 1 amide bonds. The molecule has 0 aromatic heterocycles. The first-order valence-corrected chi connectivity index (χ1v) is 8.72. The van der Waals surface area contributed by atoms with E-state index in [-0.39, 0.29) is 29.4 Å². The number of carboxylic acid groups (broad SMARTS) is 2. The van der Waals surface area contributed by atoms with Crippen molar-refractivity contribution in [1.29, 1.82) is 0 Å². The molecule has 2 rings (SSSR count). The van der Waals surface area contributed by atoms with Crippen molar-refractivity contribution in [2.45, 2.75) is 20.1 Å². The zero-order chi connectivity index (χ0) is 23.1. The second kappa shape index (κ2) is 10.2. The van der Waals surface area contributed by atoms with E-state index in [0.717, 1.165) is 6.54 Å². The Labute approximate surface area is 171 Å². The zero-order valence-electron chi connectivity index (χ0n) is 17.0. The van der Waals surface area contributed by atoms with E-state index in [1.807, 2.05) is 14.1 Å². The minimum Gasteiger partial charge on any atom is -0.473 e. The van der Waals surface area contributed by atoms with E-state index < -0.39 is 18.2 Å². The maximum atomic E-state index is 13.0. The molecule has 0 fully saturated rings. The molecule has 1 aromatic carbocycles. The summed E-state index contributed by atoms with van der Waals surface area (Å²) in [5, 5.41) is 20.5. The van der Waals surface area contributed by atoms with Crippen molar-refractivity contribution in [3.05, 3.63) is 18.2 Å². The number of nitrogens with one attached hydrogen (secondary N) is 2. The maximum Gasteiger partial charge on any atom is 0.586 e. The summed E-state index contributed by atoms with van der Waals surface area (Å²) < 4.78 is 34.6. The van der Waals surface area contributed by atoms with Gasteiger partial charge >= 0.3 is 18.2 Å². The van der Waals surface area contributed by atoms with Crippen molar-refractivity contribution in [2.24, 2.45) is 5.41 Å². The molecule has 0 bridgehead atoms. The van der Waals surface area contributed by atoms with E-state index in [4.69, 9.17) is 19.8 Å². The second-order valence-corrected chi connectivity index (χ2v) is 7.49. The van der Waals surface area contributed by atoms with Crippen LogP contribution >= 0.6 is 0 Å². The van der Waals surface area contributed by atoms with E-state index in [9.17, 15) is 13.6 Å². The number of hydrogen-bond acceptors (Lipinski definition) is 7. The highest BCUT2D eigenvalue weighted by atomic mass is 19.3. The Hall–Kier alpha value is -2.99. The van der Waals surface area contributed by atoms with Crippen molar-refractivity contribution in [2.75, 3.05) is 39.0 Å². The fourth-order valence-corrected chi connectivity index (χ4v) is 2.66. The van der Waals surface area contributed by atoms with E-state index in [2.05, 4.69) is 38.9 Å². The first kappa shape index (κ1) is 25.0. The van der Waals surface area contributed by atoms with Crippen LogP contribution in [0.4, 0.5) is 14.5 Å². The fourth-order valence-electron chi connectivity index (χ4n) is 2.66. The number of carboxylic acids is 2. The van der Waals surface area contributed by atoms with Gasteiger partial charge in [-0.2, -0.15) is 0 Å². The molecule has 0 saturated carbocycles. The van der Waals surface area contributed by atoms with Gasteiger partial charge in [0.2, 0.25) is 5.91 Å². The Morgan fingerprint density at radius 1 is 1.10 bits per heavy atom. The summed E-state index contributed by atoms with van der Waals surface area (Å²) >= 11 is 0. The molecule has 4 N–H and O–H groups in total. The lowest BCUT2D eigenvalue weighted by Crippen LogP contribution is -2.40. The van der Waals surface area contributed by atoms with Gasteiger partial charge in [-0.05, 0) is 31.6 Å². The van der Waals surface area contributed by atoms with Crippen LogP contribution in [0, 0.1) is 5.41 Å². The van der Waals surface area contributed by atoms with Crippen LogP contribution in [0.15, 0.2) is 18.2 Å². The number of carbonyl (C=O) groups excluding carboxylic acids is 1. The highest BCUT2D eigenvalue weighted by Gasteiger charge is 2.43. The van der Waals surface area contributed by atoms with Gasteiger partial charge in [-0.1, -0.05) is 13.8 Å². The first-order valence-electron chi connectivity index (χ1n) is 8.72. The lowest BCUT2D eigenvalue weighted by atomic mass is 9.93. The average molecular weight is 433 g/mol. The second-order valence-electron chi connectivity index (χ2n) is 7.49. The van der Waals surface area contributed by atoms with Gasteiger partial charge in [0, 0.05) is 24.8 Å². The zero-order valence-corrected chi connectivity index (χ0v) is 17.0. The molecule has 0 unspecified atom stereocenters. The Balaban J connectivity index is 0.000000656. The van der Waals surface area contributed by atoms with Crippen molar-refractivity contribution < 1.29 is 42.9 Å². The van der Waals surface area contributed by atoms with Crippen LogP contribution in [0.2, 0.25) is 0 Å². The molecule has 1 aromatic rings. The minimum atomic E-state index is -3.66. The third-order valence-electron chi connectivity index (χ3n) is 3.50. The Kier molecular flexibility index (Phi) is 8.49. The Bertz CT molecular complexity index is 773. The Morgan fingerprint density at radius 3 is 2.20 bits per heavy atom. The van der Waals surface area contributed by atoms with E-state index in [0.29, 0.717) is 12.2 Å². The number of ether oxygens (including phenoxy) is 2. The molecule has 1 aliphatic rings. The average Bonchev–Trinajstić information content (AvgIpc) is 2.86. The molecule has 1 aliphatic heterocycles. The van der Waals surface area contributed by atoms with Crippen LogP contribution in [0.25, 0.3) is 0 Å². The smallest absolute Gasteiger partial charge is 0.473 e. The van der Waals surface area contributed by atoms with Crippen LogP contribution in [0.3, 0.4) is 0 Å². The van der Waals surface area contributed by atoms with Gasteiger partial charge in [0.05, 0.1) is 6.54 Å². The number of carbonyl (C=O) groups is 3. The van der Waals surface area contributed by atoms with Gasteiger partial charge in [-0.3, -0.25) is 4.79 Å².